The highest BCUT2D eigenvalue weighted by molar-refractivity contribution is 5.99. The summed E-state index contributed by atoms with van der Waals surface area (Å²) < 4.78 is 41.3. The molecule has 1 N–H and O–H groups in total. The maximum atomic E-state index is 14.4. The fourth-order valence-corrected chi connectivity index (χ4v) is 3.42. The number of amides is 1. The Hall–Kier alpha value is -3.16. The van der Waals surface area contributed by atoms with Gasteiger partial charge in [0, 0.05) is 38.2 Å². The standard InChI is InChI=1S/C20H19F2N3O3/c1-10-24-19-14(25(10)3)6-11(20(26)23-2)7-17(19)28-15-4-5-27-16-9-12(21)8-13(22)18(15)16/h6-9,15H,4-5H2,1-3H3,(H,23,26). The van der Waals surface area contributed by atoms with Crippen molar-refractivity contribution in [2.24, 2.45) is 7.05 Å². The van der Waals surface area contributed by atoms with Gasteiger partial charge >= 0.3 is 0 Å². The lowest BCUT2D eigenvalue weighted by atomic mass is 10.0. The van der Waals surface area contributed by atoms with Crippen molar-refractivity contribution in [2.75, 3.05) is 13.7 Å². The van der Waals surface area contributed by atoms with Gasteiger partial charge in [0.05, 0.1) is 17.7 Å². The van der Waals surface area contributed by atoms with Crippen molar-refractivity contribution < 1.29 is 23.0 Å². The first kappa shape index (κ1) is 18.2. The van der Waals surface area contributed by atoms with E-state index in [9.17, 15) is 13.6 Å². The first-order chi connectivity index (χ1) is 13.4. The monoisotopic (exact) mass is 387 g/mol. The number of rotatable bonds is 3. The number of benzene rings is 2. The average Bonchev–Trinajstić information content (AvgIpc) is 2.95. The molecule has 28 heavy (non-hydrogen) atoms. The first-order valence-electron chi connectivity index (χ1n) is 8.86. The Morgan fingerprint density at radius 1 is 1.32 bits per heavy atom. The maximum Gasteiger partial charge on any atom is 0.251 e. The summed E-state index contributed by atoms with van der Waals surface area (Å²) in [6, 6.07) is 5.28. The number of ether oxygens (including phenoxy) is 2. The molecule has 0 spiro atoms. The van der Waals surface area contributed by atoms with Crippen molar-refractivity contribution in [3.8, 4) is 11.5 Å². The lowest BCUT2D eigenvalue weighted by Gasteiger charge is -2.27. The van der Waals surface area contributed by atoms with Crippen LogP contribution in [0.2, 0.25) is 0 Å². The van der Waals surface area contributed by atoms with Crippen molar-refractivity contribution >= 4 is 16.9 Å². The zero-order valence-corrected chi connectivity index (χ0v) is 15.7. The number of fused-ring (bicyclic) bond motifs is 2. The second-order valence-electron chi connectivity index (χ2n) is 6.68. The molecule has 0 saturated carbocycles. The minimum absolute atomic E-state index is 0.129. The Morgan fingerprint density at radius 3 is 2.86 bits per heavy atom. The van der Waals surface area contributed by atoms with E-state index in [-0.39, 0.29) is 23.8 Å². The van der Waals surface area contributed by atoms with E-state index in [0.29, 0.717) is 23.3 Å². The fraction of sp³-hybridized carbons (Fsp3) is 0.300. The van der Waals surface area contributed by atoms with Crippen LogP contribution in [0.1, 0.15) is 34.3 Å². The van der Waals surface area contributed by atoms with Gasteiger partial charge in [-0.2, -0.15) is 0 Å². The van der Waals surface area contributed by atoms with Crippen molar-refractivity contribution in [2.45, 2.75) is 19.4 Å². The minimum atomic E-state index is -0.726. The third kappa shape index (κ3) is 2.94. The number of nitrogens with one attached hydrogen (secondary N) is 1. The minimum Gasteiger partial charge on any atom is -0.493 e. The first-order valence-corrected chi connectivity index (χ1v) is 8.86. The molecular weight excluding hydrogens is 368 g/mol. The molecule has 1 aliphatic rings. The van der Waals surface area contributed by atoms with E-state index in [1.807, 2.05) is 18.5 Å². The van der Waals surface area contributed by atoms with Gasteiger partial charge in [0.15, 0.2) is 0 Å². The van der Waals surface area contributed by atoms with Crippen LogP contribution in [0.5, 0.6) is 11.5 Å². The van der Waals surface area contributed by atoms with E-state index in [1.54, 1.807) is 19.2 Å². The summed E-state index contributed by atoms with van der Waals surface area (Å²) in [6.07, 6.45) is -0.303. The zero-order valence-electron chi connectivity index (χ0n) is 15.7. The van der Waals surface area contributed by atoms with Crippen LogP contribution in [0.25, 0.3) is 11.0 Å². The normalized spacial score (nSPS) is 15.8. The van der Waals surface area contributed by atoms with Crippen LogP contribution in [-0.2, 0) is 7.05 Å². The zero-order chi connectivity index (χ0) is 20.0. The van der Waals surface area contributed by atoms with Crippen molar-refractivity contribution in [3.05, 3.63) is 52.9 Å². The molecule has 0 fully saturated rings. The molecule has 0 bridgehead atoms. The summed E-state index contributed by atoms with van der Waals surface area (Å²) in [6.45, 7) is 2.11. The van der Waals surface area contributed by atoms with Crippen molar-refractivity contribution in [1.82, 2.24) is 14.9 Å². The number of carbonyl (C=O) groups excluding carboxylic acids is 1. The molecule has 2 aromatic carbocycles. The van der Waals surface area contributed by atoms with Gasteiger partial charge < -0.3 is 19.4 Å². The van der Waals surface area contributed by atoms with Crippen LogP contribution in [-0.4, -0.2) is 29.1 Å². The van der Waals surface area contributed by atoms with Gasteiger partial charge in [-0.05, 0) is 19.1 Å². The van der Waals surface area contributed by atoms with E-state index >= 15 is 0 Å². The molecule has 0 radical (unpaired) electrons. The van der Waals surface area contributed by atoms with Crippen LogP contribution < -0.4 is 14.8 Å². The Morgan fingerprint density at radius 2 is 2.11 bits per heavy atom. The summed E-state index contributed by atoms with van der Waals surface area (Å²) in [4.78, 5) is 16.7. The Labute approximate surface area is 160 Å². The van der Waals surface area contributed by atoms with Crippen LogP contribution in [0.4, 0.5) is 8.78 Å². The fourth-order valence-electron chi connectivity index (χ4n) is 3.42. The van der Waals surface area contributed by atoms with Gasteiger partial charge in [-0.1, -0.05) is 0 Å². The number of halogens is 2. The highest BCUT2D eigenvalue weighted by Crippen LogP contribution is 2.39. The summed E-state index contributed by atoms with van der Waals surface area (Å²) in [7, 11) is 3.38. The van der Waals surface area contributed by atoms with E-state index in [1.165, 1.54) is 0 Å². The molecule has 4 rings (SSSR count). The molecule has 1 aliphatic heterocycles. The summed E-state index contributed by atoms with van der Waals surface area (Å²) >= 11 is 0. The molecule has 1 aromatic heterocycles. The van der Waals surface area contributed by atoms with Crippen molar-refractivity contribution in [3.63, 3.8) is 0 Å². The lowest BCUT2D eigenvalue weighted by Crippen LogP contribution is -2.21. The van der Waals surface area contributed by atoms with Crippen molar-refractivity contribution in [1.29, 1.82) is 0 Å². The Balaban J connectivity index is 1.83. The maximum absolute atomic E-state index is 14.4. The third-order valence-electron chi connectivity index (χ3n) is 4.95. The number of nitrogens with zero attached hydrogens (tertiary/aromatic N) is 2. The van der Waals surface area contributed by atoms with E-state index < -0.39 is 17.7 Å². The molecule has 146 valence electrons. The summed E-state index contributed by atoms with van der Waals surface area (Å²) in [5, 5.41) is 2.59. The van der Waals surface area contributed by atoms with Crippen LogP contribution in [0.3, 0.4) is 0 Å². The molecule has 3 aromatic rings. The molecule has 1 atom stereocenters. The Bertz CT molecular complexity index is 1090. The second kappa shape index (κ2) is 6.78. The van der Waals surface area contributed by atoms with Crippen LogP contribution in [0.15, 0.2) is 24.3 Å². The van der Waals surface area contributed by atoms with Gasteiger partial charge in [0.1, 0.15) is 40.6 Å². The molecule has 0 aliphatic carbocycles. The van der Waals surface area contributed by atoms with Gasteiger partial charge in [-0.25, -0.2) is 13.8 Å². The van der Waals surface area contributed by atoms with Gasteiger partial charge in [-0.3, -0.25) is 4.79 Å². The molecule has 1 unspecified atom stereocenters. The number of aryl methyl sites for hydroxylation is 2. The molecule has 0 saturated heterocycles. The smallest absolute Gasteiger partial charge is 0.251 e. The van der Waals surface area contributed by atoms with Gasteiger partial charge in [0.25, 0.3) is 5.91 Å². The predicted molar refractivity (Wildman–Crippen MR) is 98.7 cm³/mol. The molecule has 1 amide bonds. The van der Waals surface area contributed by atoms with Gasteiger partial charge in [-0.15, -0.1) is 0 Å². The number of hydrogen-bond donors (Lipinski definition) is 1. The van der Waals surface area contributed by atoms with E-state index in [4.69, 9.17) is 9.47 Å². The topological polar surface area (TPSA) is 65.4 Å². The Kier molecular flexibility index (Phi) is 4.41. The number of hydrogen-bond acceptors (Lipinski definition) is 4. The van der Waals surface area contributed by atoms with Crippen LogP contribution in [0, 0.1) is 18.6 Å². The lowest BCUT2D eigenvalue weighted by molar-refractivity contribution is 0.0961. The summed E-state index contributed by atoms with van der Waals surface area (Å²) in [5.41, 5.74) is 1.86. The van der Waals surface area contributed by atoms with Crippen LogP contribution >= 0.6 is 0 Å². The molecule has 6 nitrogen and oxygen atoms in total. The number of imidazole rings is 1. The third-order valence-corrected chi connectivity index (χ3v) is 4.95. The van der Waals surface area contributed by atoms with Gasteiger partial charge in [0.2, 0.25) is 0 Å². The molecular formula is C20H19F2N3O3. The SMILES string of the molecule is CNC(=O)c1cc(OC2CCOc3cc(F)cc(F)c32)c2nc(C)n(C)c2c1. The largest absolute Gasteiger partial charge is 0.493 e. The highest BCUT2D eigenvalue weighted by Gasteiger charge is 2.29. The number of aromatic nitrogens is 2. The van der Waals surface area contributed by atoms with E-state index in [2.05, 4.69) is 10.3 Å². The molecule has 8 heteroatoms. The summed E-state index contributed by atoms with van der Waals surface area (Å²) in [5.74, 6) is -0.469. The number of carbonyl (C=O) groups is 1. The molecule has 2 heterocycles. The average molecular weight is 387 g/mol. The highest BCUT2D eigenvalue weighted by atomic mass is 19.1. The second-order valence-corrected chi connectivity index (χ2v) is 6.68. The predicted octanol–water partition coefficient (Wildman–Crippen LogP) is 3.42. The van der Waals surface area contributed by atoms with E-state index in [0.717, 1.165) is 23.5 Å². The quantitative estimate of drug-likeness (QED) is 0.748.